The lowest BCUT2D eigenvalue weighted by atomic mass is 9.98. The fourth-order valence-corrected chi connectivity index (χ4v) is 2.84. The maximum absolute atomic E-state index is 12.6. The first-order valence-corrected chi connectivity index (χ1v) is 11.1. The monoisotopic (exact) mass is 472 g/mol. The first kappa shape index (κ1) is 30.1. The van der Waals surface area contributed by atoms with Crippen molar-refractivity contribution in [3.05, 3.63) is 0 Å². The predicted octanol–water partition coefficient (Wildman–Crippen LogP) is -2.29. The lowest BCUT2D eigenvalue weighted by molar-refractivity contribution is -0.142. The van der Waals surface area contributed by atoms with Crippen LogP contribution in [0.5, 0.6) is 0 Å². The molecule has 0 heterocycles. The van der Waals surface area contributed by atoms with Gasteiger partial charge in [0.25, 0.3) is 0 Å². The van der Waals surface area contributed by atoms with E-state index in [-0.39, 0.29) is 24.8 Å². The van der Waals surface area contributed by atoms with Crippen LogP contribution < -0.4 is 38.9 Å². The number of rotatable bonds is 17. The second-order valence-corrected chi connectivity index (χ2v) is 7.88. The Morgan fingerprint density at radius 1 is 0.970 bits per heavy atom. The van der Waals surface area contributed by atoms with Crippen molar-refractivity contribution in [1.82, 2.24) is 16.0 Å². The van der Waals surface area contributed by atoms with Gasteiger partial charge in [0.2, 0.25) is 17.7 Å². The summed E-state index contributed by atoms with van der Waals surface area (Å²) in [6.45, 7) is 3.97. The molecule has 0 saturated heterocycles. The molecule has 0 fully saturated rings. The van der Waals surface area contributed by atoms with Crippen molar-refractivity contribution in [2.75, 3.05) is 19.6 Å². The second-order valence-electron chi connectivity index (χ2n) is 7.88. The fourth-order valence-electron chi connectivity index (χ4n) is 2.84. The molecule has 13 heteroatoms. The van der Waals surface area contributed by atoms with Gasteiger partial charge in [-0.25, -0.2) is 4.79 Å². The van der Waals surface area contributed by atoms with E-state index < -0.39 is 48.4 Å². The Labute approximate surface area is 194 Å². The average Bonchev–Trinajstić information content (AvgIpc) is 2.77. The van der Waals surface area contributed by atoms with Gasteiger partial charge >= 0.3 is 5.97 Å². The third-order valence-corrected chi connectivity index (χ3v) is 5.14. The maximum atomic E-state index is 12.6. The van der Waals surface area contributed by atoms with Crippen LogP contribution in [0, 0.1) is 5.92 Å². The number of carboxylic acids is 1. The summed E-state index contributed by atoms with van der Waals surface area (Å²) in [6, 6.07) is -2.81. The molecule has 0 spiro atoms. The minimum atomic E-state index is -1.22. The number of hydrogen-bond acceptors (Lipinski definition) is 7. The number of nitrogens with one attached hydrogen (secondary N) is 3. The number of nitrogens with two attached hydrogens (primary N) is 4. The van der Waals surface area contributed by atoms with Crippen LogP contribution in [0.1, 0.15) is 52.4 Å². The summed E-state index contributed by atoms with van der Waals surface area (Å²) in [5.74, 6) is -3.08. The summed E-state index contributed by atoms with van der Waals surface area (Å²) in [6.07, 6.45) is 2.74. The van der Waals surface area contributed by atoms with Crippen LogP contribution in [0.4, 0.5) is 0 Å². The predicted molar refractivity (Wildman–Crippen MR) is 125 cm³/mol. The molecule has 0 bridgehead atoms. The molecule has 4 atom stereocenters. The number of amides is 3. The highest BCUT2D eigenvalue weighted by Crippen LogP contribution is 2.07. The average molecular weight is 473 g/mol. The van der Waals surface area contributed by atoms with Crippen molar-refractivity contribution in [1.29, 1.82) is 0 Å². The van der Waals surface area contributed by atoms with Gasteiger partial charge in [-0.2, -0.15) is 0 Å². The van der Waals surface area contributed by atoms with Crippen LogP contribution in [-0.4, -0.2) is 72.5 Å². The summed E-state index contributed by atoms with van der Waals surface area (Å²) in [5.41, 5.74) is 21.9. The minimum absolute atomic E-state index is 0.0662. The van der Waals surface area contributed by atoms with E-state index in [1.807, 2.05) is 13.8 Å². The van der Waals surface area contributed by atoms with Gasteiger partial charge in [-0.3, -0.25) is 19.4 Å². The van der Waals surface area contributed by atoms with Crippen molar-refractivity contribution in [2.24, 2.45) is 33.8 Å². The molecule has 3 amide bonds. The fraction of sp³-hybridized carbons (Fsp3) is 0.750. The van der Waals surface area contributed by atoms with E-state index >= 15 is 0 Å². The highest BCUT2D eigenvalue weighted by molar-refractivity contribution is 5.92. The number of carbonyl (C=O) groups excluding carboxylic acids is 3. The van der Waals surface area contributed by atoms with Crippen molar-refractivity contribution >= 4 is 29.7 Å². The molecular formula is C20H40N8O5. The van der Waals surface area contributed by atoms with Gasteiger partial charge < -0.3 is 44.0 Å². The van der Waals surface area contributed by atoms with Gasteiger partial charge in [0, 0.05) is 6.54 Å². The van der Waals surface area contributed by atoms with E-state index in [1.165, 1.54) is 0 Å². The van der Waals surface area contributed by atoms with E-state index in [1.54, 1.807) is 0 Å². The second kappa shape index (κ2) is 16.7. The highest BCUT2D eigenvalue weighted by Gasteiger charge is 2.26. The largest absolute Gasteiger partial charge is 0.480 e. The minimum Gasteiger partial charge on any atom is -0.480 e. The van der Waals surface area contributed by atoms with Gasteiger partial charge in [-0.1, -0.05) is 20.3 Å². The molecule has 12 N–H and O–H groups in total. The SMILES string of the molecule is CCC(C)C(N)C(=O)NC(CCCCN)C(=O)NCC(=O)NC(CCCN=C(N)N)C(=O)O. The lowest BCUT2D eigenvalue weighted by Gasteiger charge is -2.23. The number of carboxylic acid groups (broad SMARTS) is 1. The molecule has 190 valence electrons. The van der Waals surface area contributed by atoms with Crippen LogP contribution in [0.25, 0.3) is 0 Å². The first-order chi connectivity index (χ1) is 15.5. The van der Waals surface area contributed by atoms with Gasteiger partial charge in [-0.05, 0) is 44.6 Å². The Morgan fingerprint density at radius 2 is 1.61 bits per heavy atom. The molecule has 4 unspecified atom stereocenters. The van der Waals surface area contributed by atoms with Crippen LogP contribution >= 0.6 is 0 Å². The van der Waals surface area contributed by atoms with Gasteiger partial charge in [0.05, 0.1) is 12.6 Å². The molecule has 0 rings (SSSR count). The third-order valence-electron chi connectivity index (χ3n) is 5.14. The maximum Gasteiger partial charge on any atom is 0.326 e. The quantitative estimate of drug-likeness (QED) is 0.0644. The summed E-state index contributed by atoms with van der Waals surface area (Å²) in [4.78, 5) is 52.3. The molecule has 0 aromatic carbocycles. The molecule has 0 aliphatic rings. The molecule has 0 aromatic rings. The van der Waals surface area contributed by atoms with Gasteiger partial charge in [0.1, 0.15) is 12.1 Å². The van der Waals surface area contributed by atoms with E-state index in [4.69, 9.17) is 22.9 Å². The zero-order chi connectivity index (χ0) is 25.4. The third kappa shape index (κ3) is 13.3. The molecule has 0 saturated carbocycles. The van der Waals surface area contributed by atoms with E-state index in [0.29, 0.717) is 38.6 Å². The molecule has 0 radical (unpaired) electrons. The zero-order valence-corrected chi connectivity index (χ0v) is 19.5. The molecule has 13 nitrogen and oxygen atoms in total. The van der Waals surface area contributed by atoms with Gasteiger partial charge in [-0.15, -0.1) is 0 Å². The van der Waals surface area contributed by atoms with Gasteiger partial charge in [0.15, 0.2) is 5.96 Å². The summed E-state index contributed by atoms with van der Waals surface area (Å²) in [7, 11) is 0. The molecular weight excluding hydrogens is 432 g/mol. The number of carbonyl (C=O) groups is 4. The van der Waals surface area contributed by atoms with Crippen molar-refractivity contribution < 1.29 is 24.3 Å². The van der Waals surface area contributed by atoms with Crippen molar-refractivity contribution in [2.45, 2.75) is 70.5 Å². The standard InChI is InChI=1S/C20H40N8O5/c1-3-12(2)16(22)18(31)28-13(7-4-5-9-21)17(30)26-11-15(29)27-14(19(32)33)8-6-10-25-20(23)24/h12-14,16H,3-11,21-22H2,1-2H3,(H,26,30)(H,27,29)(H,28,31)(H,32,33)(H4,23,24,25). The van der Waals surface area contributed by atoms with E-state index in [0.717, 1.165) is 0 Å². The normalized spacial score (nSPS) is 14.3. The number of guanidine groups is 1. The Kier molecular flexibility index (Phi) is 15.2. The summed E-state index contributed by atoms with van der Waals surface area (Å²) in [5, 5.41) is 16.7. The number of aliphatic carboxylic acids is 1. The number of nitrogens with zero attached hydrogens (tertiary/aromatic N) is 1. The van der Waals surface area contributed by atoms with Crippen LogP contribution in [0.15, 0.2) is 4.99 Å². The molecule has 0 aliphatic heterocycles. The van der Waals surface area contributed by atoms with Crippen LogP contribution in [-0.2, 0) is 19.2 Å². The smallest absolute Gasteiger partial charge is 0.326 e. The molecule has 0 aliphatic carbocycles. The Morgan fingerprint density at radius 3 is 2.15 bits per heavy atom. The van der Waals surface area contributed by atoms with Crippen molar-refractivity contribution in [3.8, 4) is 0 Å². The lowest BCUT2D eigenvalue weighted by Crippen LogP contribution is -2.54. The van der Waals surface area contributed by atoms with E-state index in [9.17, 15) is 24.3 Å². The number of unbranched alkanes of at least 4 members (excludes halogenated alkanes) is 1. The Bertz CT molecular complexity index is 669. The Balaban J connectivity index is 4.85. The Hall–Kier alpha value is -2.93. The topological polar surface area (TPSA) is 241 Å². The van der Waals surface area contributed by atoms with Crippen LogP contribution in [0.2, 0.25) is 0 Å². The first-order valence-electron chi connectivity index (χ1n) is 11.1. The molecule has 33 heavy (non-hydrogen) atoms. The highest BCUT2D eigenvalue weighted by atomic mass is 16.4. The number of hydrogen-bond donors (Lipinski definition) is 8. The molecule has 0 aromatic heterocycles. The van der Waals surface area contributed by atoms with Crippen molar-refractivity contribution in [3.63, 3.8) is 0 Å². The zero-order valence-electron chi connectivity index (χ0n) is 19.5. The summed E-state index contributed by atoms with van der Waals surface area (Å²) >= 11 is 0. The van der Waals surface area contributed by atoms with Crippen LogP contribution in [0.3, 0.4) is 0 Å². The summed E-state index contributed by atoms with van der Waals surface area (Å²) < 4.78 is 0. The van der Waals surface area contributed by atoms with E-state index in [2.05, 4.69) is 20.9 Å². The number of aliphatic imine (C=N–C) groups is 1.